The SMILES string of the molecule is COc1ccc(Cl)cc1NC(=O)NCc1cc(C)nc(N(C)C)n1. The number of amides is 2. The van der Waals surface area contributed by atoms with Crippen molar-refractivity contribution in [2.45, 2.75) is 13.5 Å². The molecule has 2 rings (SSSR count). The standard InChI is InChI=1S/C16H20ClN5O2/c1-10-7-12(20-15(19-10)22(2)3)9-18-16(23)21-13-8-11(17)5-6-14(13)24-4/h5-8H,9H2,1-4H3,(H2,18,21,23). The first-order valence-electron chi connectivity index (χ1n) is 7.29. The van der Waals surface area contributed by atoms with Gasteiger partial charge in [-0.15, -0.1) is 0 Å². The molecule has 0 atom stereocenters. The van der Waals surface area contributed by atoms with E-state index in [1.807, 2.05) is 32.0 Å². The molecular formula is C16H20ClN5O2. The van der Waals surface area contributed by atoms with Crippen molar-refractivity contribution in [3.05, 3.63) is 40.7 Å². The summed E-state index contributed by atoms with van der Waals surface area (Å²) in [5, 5.41) is 5.97. The molecule has 8 heteroatoms. The molecule has 24 heavy (non-hydrogen) atoms. The van der Waals surface area contributed by atoms with E-state index in [4.69, 9.17) is 16.3 Å². The van der Waals surface area contributed by atoms with Gasteiger partial charge >= 0.3 is 6.03 Å². The monoisotopic (exact) mass is 349 g/mol. The number of hydrogen-bond donors (Lipinski definition) is 2. The van der Waals surface area contributed by atoms with Gasteiger partial charge in [-0.2, -0.15) is 0 Å². The molecule has 0 unspecified atom stereocenters. The highest BCUT2D eigenvalue weighted by molar-refractivity contribution is 6.31. The number of carbonyl (C=O) groups excluding carboxylic acids is 1. The van der Waals surface area contributed by atoms with E-state index in [9.17, 15) is 4.79 Å². The Labute approximate surface area is 146 Å². The fourth-order valence-corrected chi connectivity index (χ4v) is 2.19. The van der Waals surface area contributed by atoms with E-state index in [-0.39, 0.29) is 12.6 Å². The molecular weight excluding hydrogens is 330 g/mol. The van der Waals surface area contributed by atoms with E-state index in [2.05, 4.69) is 20.6 Å². The average Bonchev–Trinajstić information content (AvgIpc) is 2.52. The van der Waals surface area contributed by atoms with Crippen molar-refractivity contribution in [3.63, 3.8) is 0 Å². The van der Waals surface area contributed by atoms with Crippen LogP contribution in [0.2, 0.25) is 5.02 Å². The Hall–Kier alpha value is -2.54. The Morgan fingerprint density at radius 3 is 2.71 bits per heavy atom. The number of halogens is 1. The van der Waals surface area contributed by atoms with Crippen LogP contribution in [0.25, 0.3) is 0 Å². The highest BCUT2D eigenvalue weighted by Gasteiger charge is 2.09. The van der Waals surface area contributed by atoms with Crippen LogP contribution < -0.4 is 20.3 Å². The molecule has 128 valence electrons. The summed E-state index contributed by atoms with van der Waals surface area (Å²) in [6.45, 7) is 2.16. The van der Waals surface area contributed by atoms with Crippen molar-refractivity contribution < 1.29 is 9.53 Å². The van der Waals surface area contributed by atoms with Crippen LogP contribution in [0, 0.1) is 6.92 Å². The molecule has 1 aromatic carbocycles. The Balaban J connectivity index is 2.03. The van der Waals surface area contributed by atoms with Crippen molar-refractivity contribution in [2.24, 2.45) is 0 Å². The Morgan fingerprint density at radius 2 is 2.04 bits per heavy atom. The molecule has 0 radical (unpaired) electrons. The largest absolute Gasteiger partial charge is 0.495 e. The minimum Gasteiger partial charge on any atom is -0.495 e. The maximum atomic E-state index is 12.1. The molecule has 0 aliphatic rings. The summed E-state index contributed by atoms with van der Waals surface area (Å²) in [6.07, 6.45) is 0. The zero-order valence-electron chi connectivity index (χ0n) is 14.1. The fraction of sp³-hybridized carbons (Fsp3) is 0.312. The van der Waals surface area contributed by atoms with Crippen molar-refractivity contribution >= 4 is 29.3 Å². The van der Waals surface area contributed by atoms with Crippen LogP contribution in [-0.2, 0) is 6.54 Å². The van der Waals surface area contributed by atoms with E-state index in [0.29, 0.717) is 22.4 Å². The van der Waals surface area contributed by atoms with Gasteiger partial charge in [0, 0.05) is 24.8 Å². The third kappa shape index (κ3) is 4.73. The number of hydrogen-bond acceptors (Lipinski definition) is 5. The predicted molar refractivity (Wildman–Crippen MR) is 95.0 cm³/mol. The number of methoxy groups -OCH3 is 1. The second-order valence-electron chi connectivity index (χ2n) is 5.35. The smallest absolute Gasteiger partial charge is 0.319 e. The molecule has 2 N–H and O–H groups in total. The lowest BCUT2D eigenvalue weighted by atomic mass is 10.3. The molecule has 0 saturated carbocycles. The summed E-state index contributed by atoms with van der Waals surface area (Å²) >= 11 is 5.95. The number of ether oxygens (including phenoxy) is 1. The van der Waals surface area contributed by atoms with E-state index in [1.165, 1.54) is 7.11 Å². The van der Waals surface area contributed by atoms with Crippen LogP contribution in [0.1, 0.15) is 11.4 Å². The third-order valence-electron chi connectivity index (χ3n) is 3.14. The maximum Gasteiger partial charge on any atom is 0.319 e. The highest BCUT2D eigenvalue weighted by atomic mass is 35.5. The van der Waals surface area contributed by atoms with Crippen LogP contribution in [0.15, 0.2) is 24.3 Å². The minimum absolute atomic E-state index is 0.277. The molecule has 0 fully saturated rings. The fourth-order valence-electron chi connectivity index (χ4n) is 2.02. The van der Waals surface area contributed by atoms with E-state index >= 15 is 0 Å². The summed E-state index contributed by atoms with van der Waals surface area (Å²) in [7, 11) is 5.26. The van der Waals surface area contributed by atoms with E-state index in [0.717, 1.165) is 11.4 Å². The van der Waals surface area contributed by atoms with E-state index in [1.54, 1.807) is 18.2 Å². The molecule has 0 aliphatic heterocycles. The van der Waals surface area contributed by atoms with Gasteiger partial charge in [-0.25, -0.2) is 14.8 Å². The Morgan fingerprint density at radius 1 is 1.29 bits per heavy atom. The summed E-state index contributed by atoms with van der Waals surface area (Å²) in [6, 6.07) is 6.45. The Bertz CT molecular complexity index is 736. The lowest BCUT2D eigenvalue weighted by Crippen LogP contribution is -2.29. The molecule has 2 aromatic rings. The average molecular weight is 350 g/mol. The van der Waals surface area contributed by atoms with Gasteiger partial charge in [-0.3, -0.25) is 0 Å². The first kappa shape index (κ1) is 17.8. The van der Waals surface area contributed by atoms with Gasteiger partial charge in [0.25, 0.3) is 0 Å². The number of aromatic nitrogens is 2. The third-order valence-corrected chi connectivity index (χ3v) is 3.37. The quantitative estimate of drug-likeness (QED) is 0.867. The summed E-state index contributed by atoms with van der Waals surface area (Å²) in [5.74, 6) is 1.13. The topological polar surface area (TPSA) is 79.4 Å². The molecule has 1 heterocycles. The van der Waals surface area contributed by atoms with Gasteiger partial charge in [0.1, 0.15) is 5.75 Å². The first-order valence-corrected chi connectivity index (χ1v) is 7.67. The van der Waals surface area contributed by atoms with Gasteiger partial charge in [-0.1, -0.05) is 11.6 Å². The minimum atomic E-state index is -0.377. The van der Waals surface area contributed by atoms with Crippen LogP contribution >= 0.6 is 11.6 Å². The highest BCUT2D eigenvalue weighted by Crippen LogP contribution is 2.27. The van der Waals surface area contributed by atoms with Crippen molar-refractivity contribution in [2.75, 3.05) is 31.4 Å². The number of urea groups is 1. The zero-order valence-corrected chi connectivity index (χ0v) is 14.8. The number of aryl methyl sites for hydroxylation is 1. The number of nitrogens with zero attached hydrogens (tertiary/aromatic N) is 3. The lowest BCUT2D eigenvalue weighted by Gasteiger charge is -2.14. The predicted octanol–water partition coefficient (Wildman–Crippen LogP) is 2.83. The molecule has 0 aliphatic carbocycles. The van der Waals surface area contributed by atoms with Crippen molar-refractivity contribution in [3.8, 4) is 5.75 Å². The number of benzene rings is 1. The second kappa shape index (κ2) is 7.83. The molecule has 2 amide bonds. The summed E-state index contributed by atoms with van der Waals surface area (Å²) in [4.78, 5) is 22.6. The molecule has 0 spiro atoms. The van der Waals surface area contributed by atoms with Gasteiger partial charge in [0.05, 0.1) is 25.0 Å². The summed E-state index contributed by atoms with van der Waals surface area (Å²) < 4.78 is 5.19. The number of rotatable bonds is 5. The number of anilines is 2. The number of carbonyl (C=O) groups is 1. The van der Waals surface area contributed by atoms with Gasteiger partial charge in [0.15, 0.2) is 0 Å². The van der Waals surface area contributed by atoms with Crippen LogP contribution in [-0.4, -0.2) is 37.2 Å². The van der Waals surface area contributed by atoms with Crippen molar-refractivity contribution in [1.82, 2.24) is 15.3 Å². The van der Waals surface area contributed by atoms with Crippen molar-refractivity contribution in [1.29, 1.82) is 0 Å². The molecule has 0 bridgehead atoms. The Kier molecular flexibility index (Phi) is 5.81. The molecule has 0 saturated heterocycles. The lowest BCUT2D eigenvalue weighted by molar-refractivity contribution is 0.251. The number of nitrogens with one attached hydrogen (secondary N) is 2. The van der Waals surface area contributed by atoms with Gasteiger partial charge in [0.2, 0.25) is 5.95 Å². The van der Waals surface area contributed by atoms with Crippen LogP contribution in [0.5, 0.6) is 5.75 Å². The first-order chi connectivity index (χ1) is 11.4. The summed E-state index contributed by atoms with van der Waals surface area (Å²) in [5.41, 5.74) is 2.05. The molecule has 7 nitrogen and oxygen atoms in total. The van der Waals surface area contributed by atoms with E-state index < -0.39 is 0 Å². The van der Waals surface area contributed by atoms with Crippen LogP contribution in [0.4, 0.5) is 16.4 Å². The van der Waals surface area contributed by atoms with Gasteiger partial charge in [-0.05, 0) is 31.2 Å². The maximum absolute atomic E-state index is 12.1. The van der Waals surface area contributed by atoms with Crippen LogP contribution in [0.3, 0.4) is 0 Å². The van der Waals surface area contributed by atoms with Gasteiger partial charge < -0.3 is 20.3 Å². The molecule has 1 aromatic heterocycles. The zero-order chi connectivity index (χ0) is 17.7. The second-order valence-corrected chi connectivity index (χ2v) is 5.78. The normalized spacial score (nSPS) is 10.2.